The molecule has 4 heteroatoms. The van der Waals surface area contributed by atoms with Crippen molar-refractivity contribution in [3.8, 4) is 0 Å². The Morgan fingerprint density at radius 3 is 2.31 bits per heavy atom. The van der Waals surface area contributed by atoms with Crippen molar-refractivity contribution in [2.24, 2.45) is 11.3 Å². The van der Waals surface area contributed by atoms with Gasteiger partial charge in [0.25, 0.3) is 0 Å². The number of halogens is 1. The number of hydrogen-bond donors (Lipinski definition) is 1. The first kappa shape index (κ1) is 13.4. The van der Waals surface area contributed by atoms with Gasteiger partial charge in [-0.25, -0.2) is 4.39 Å². The van der Waals surface area contributed by atoms with Crippen molar-refractivity contribution in [2.45, 2.75) is 39.8 Å². The van der Waals surface area contributed by atoms with Crippen molar-refractivity contribution in [3.63, 3.8) is 0 Å². The predicted molar refractivity (Wildman–Crippen MR) is 61.2 cm³/mol. The molecule has 0 spiro atoms. The lowest BCUT2D eigenvalue weighted by Gasteiger charge is -2.34. The molecule has 0 aromatic heterocycles. The van der Waals surface area contributed by atoms with E-state index in [1.54, 1.807) is 0 Å². The first-order valence-corrected chi connectivity index (χ1v) is 5.90. The summed E-state index contributed by atoms with van der Waals surface area (Å²) in [7, 11) is 0. The lowest BCUT2D eigenvalue weighted by Crippen LogP contribution is -2.42. The minimum Gasteiger partial charge on any atom is -0.481 e. The van der Waals surface area contributed by atoms with Gasteiger partial charge in [-0.15, -0.1) is 0 Å². The monoisotopic (exact) mass is 231 g/mol. The Morgan fingerprint density at radius 1 is 1.44 bits per heavy atom. The van der Waals surface area contributed by atoms with Crippen molar-refractivity contribution < 1.29 is 14.3 Å². The fourth-order valence-electron chi connectivity index (χ4n) is 1.86. The first-order valence-electron chi connectivity index (χ1n) is 5.90. The lowest BCUT2D eigenvalue weighted by molar-refractivity contribution is -0.143. The highest BCUT2D eigenvalue weighted by atomic mass is 19.1. The topological polar surface area (TPSA) is 40.5 Å². The number of likely N-dealkylation sites (tertiary alicyclic amines) is 1. The summed E-state index contributed by atoms with van der Waals surface area (Å²) in [6, 6.07) is 0. The molecule has 1 N–H and O–H groups in total. The fraction of sp³-hybridized carbons (Fsp3) is 0.917. The van der Waals surface area contributed by atoms with Gasteiger partial charge in [-0.3, -0.25) is 4.79 Å². The molecule has 1 fully saturated rings. The number of aliphatic carboxylic acids is 1. The third-order valence-corrected chi connectivity index (χ3v) is 3.30. The summed E-state index contributed by atoms with van der Waals surface area (Å²) in [4.78, 5) is 12.8. The molecular formula is C12H22FNO2. The molecule has 1 heterocycles. The van der Waals surface area contributed by atoms with Crippen LogP contribution in [0.2, 0.25) is 0 Å². The summed E-state index contributed by atoms with van der Waals surface area (Å²) in [5.74, 6) is -0.948. The molecule has 0 saturated carbocycles. The van der Waals surface area contributed by atoms with E-state index in [1.165, 1.54) is 0 Å². The maximum atomic E-state index is 13.8. The third-order valence-electron chi connectivity index (χ3n) is 3.30. The van der Waals surface area contributed by atoms with E-state index < -0.39 is 12.1 Å². The van der Waals surface area contributed by atoms with Gasteiger partial charge in [0.2, 0.25) is 0 Å². The Labute approximate surface area is 96.6 Å². The number of alkyl halides is 1. The van der Waals surface area contributed by atoms with Gasteiger partial charge in [0.1, 0.15) is 6.17 Å². The third kappa shape index (κ3) is 3.74. The molecule has 94 valence electrons. The van der Waals surface area contributed by atoms with E-state index in [9.17, 15) is 9.18 Å². The van der Waals surface area contributed by atoms with Crippen LogP contribution in [0.4, 0.5) is 4.39 Å². The van der Waals surface area contributed by atoms with Gasteiger partial charge < -0.3 is 10.0 Å². The van der Waals surface area contributed by atoms with E-state index in [0.29, 0.717) is 32.5 Å². The largest absolute Gasteiger partial charge is 0.481 e. The quantitative estimate of drug-likeness (QED) is 0.809. The standard InChI is InChI=1S/C12H22FNO2/c1-12(2,3)10(13)8-14-6-4-9(5-7-14)11(15)16/h9-10H,4-8H2,1-3H3,(H,15,16). The summed E-state index contributed by atoms with van der Waals surface area (Å²) in [6.07, 6.45) is 0.437. The van der Waals surface area contributed by atoms with Gasteiger partial charge in [0.05, 0.1) is 5.92 Å². The Hall–Kier alpha value is -0.640. The SMILES string of the molecule is CC(C)(C)C(F)CN1CCC(C(=O)O)CC1. The molecule has 1 unspecified atom stereocenters. The average molecular weight is 231 g/mol. The normalized spacial score (nSPS) is 22.0. The van der Waals surface area contributed by atoms with Crippen LogP contribution in [0, 0.1) is 11.3 Å². The molecule has 1 aliphatic heterocycles. The summed E-state index contributed by atoms with van der Waals surface area (Å²) in [5.41, 5.74) is -0.330. The van der Waals surface area contributed by atoms with Crippen LogP contribution >= 0.6 is 0 Å². The van der Waals surface area contributed by atoms with Crippen LogP contribution in [0.15, 0.2) is 0 Å². The Morgan fingerprint density at radius 2 is 1.94 bits per heavy atom. The van der Waals surface area contributed by atoms with Crippen molar-refractivity contribution in [1.82, 2.24) is 4.90 Å². The lowest BCUT2D eigenvalue weighted by atomic mass is 9.89. The summed E-state index contributed by atoms with van der Waals surface area (Å²) >= 11 is 0. The number of piperidine rings is 1. The highest BCUT2D eigenvalue weighted by molar-refractivity contribution is 5.70. The molecule has 1 saturated heterocycles. The van der Waals surface area contributed by atoms with Crippen molar-refractivity contribution in [2.75, 3.05) is 19.6 Å². The minimum absolute atomic E-state index is 0.232. The summed E-state index contributed by atoms with van der Waals surface area (Å²) < 4.78 is 13.8. The zero-order chi connectivity index (χ0) is 12.3. The smallest absolute Gasteiger partial charge is 0.306 e. The molecule has 0 aromatic rings. The molecule has 1 rings (SSSR count). The maximum absolute atomic E-state index is 13.8. The van der Waals surface area contributed by atoms with Gasteiger partial charge in [-0.1, -0.05) is 20.8 Å². The second-order valence-electron chi connectivity index (χ2n) is 5.75. The molecule has 1 aliphatic rings. The molecular weight excluding hydrogens is 209 g/mol. The van der Waals surface area contributed by atoms with Gasteiger partial charge in [-0.2, -0.15) is 0 Å². The van der Waals surface area contributed by atoms with Gasteiger partial charge in [-0.05, 0) is 31.3 Å². The Bertz CT molecular complexity index is 242. The second kappa shape index (κ2) is 5.13. The number of hydrogen-bond acceptors (Lipinski definition) is 2. The van der Waals surface area contributed by atoms with Crippen LogP contribution in [0.3, 0.4) is 0 Å². The predicted octanol–water partition coefficient (Wildman–Crippen LogP) is 2.17. The van der Waals surface area contributed by atoms with Gasteiger partial charge in [0, 0.05) is 6.54 Å². The van der Waals surface area contributed by atoms with E-state index in [4.69, 9.17) is 5.11 Å². The van der Waals surface area contributed by atoms with Crippen LogP contribution in [0.5, 0.6) is 0 Å². The van der Waals surface area contributed by atoms with Crippen molar-refractivity contribution in [1.29, 1.82) is 0 Å². The van der Waals surface area contributed by atoms with Crippen LogP contribution in [-0.2, 0) is 4.79 Å². The van der Waals surface area contributed by atoms with Gasteiger partial charge >= 0.3 is 5.97 Å². The molecule has 1 atom stereocenters. The highest BCUT2D eigenvalue weighted by Gasteiger charge is 2.30. The van der Waals surface area contributed by atoms with Crippen LogP contribution in [-0.4, -0.2) is 41.8 Å². The van der Waals surface area contributed by atoms with E-state index in [0.717, 1.165) is 0 Å². The van der Waals surface area contributed by atoms with Crippen LogP contribution in [0.25, 0.3) is 0 Å². The average Bonchev–Trinajstić information content (AvgIpc) is 2.17. The zero-order valence-corrected chi connectivity index (χ0v) is 10.4. The Balaban J connectivity index is 2.35. The number of nitrogens with zero attached hydrogens (tertiary/aromatic N) is 1. The first-order chi connectivity index (χ1) is 7.30. The second-order valence-corrected chi connectivity index (χ2v) is 5.75. The van der Waals surface area contributed by atoms with Crippen LogP contribution < -0.4 is 0 Å². The van der Waals surface area contributed by atoms with Crippen molar-refractivity contribution in [3.05, 3.63) is 0 Å². The van der Waals surface area contributed by atoms with E-state index in [1.807, 2.05) is 25.7 Å². The minimum atomic E-state index is -0.853. The summed E-state index contributed by atoms with van der Waals surface area (Å²) in [6.45, 7) is 7.50. The molecule has 0 aliphatic carbocycles. The molecule has 3 nitrogen and oxygen atoms in total. The molecule has 0 aromatic carbocycles. The molecule has 0 bridgehead atoms. The molecule has 0 amide bonds. The maximum Gasteiger partial charge on any atom is 0.306 e. The zero-order valence-electron chi connectivity index (χ0n) is 10.4. The highest BCUT2D eigenvalue weighted by Crippen LogP contribution is 2.25. The Kier molecular flexibility index (Phi) is 4.30. The van der Waals surface area contributed by atoms with Crippen LogP contribution in [0.1, 0.15) is 33.6 Å². The molecule has 0 radical (unpaired) electrons. The number of rotatable bonds is 3. The van der Waals surface area contributed by atoms with Crippen molar-refractivity contribution >= 4 is 5.97 Å². The number of carbonyl (C=O) groups is 1. The van der Waals surface area contributed by atoms with E-state index in [-0.39, 0.29) is 11.3 Å². The van der Waals surface area contributed by atoms with Gasteiger partial charge in [0.15, 0.2) is 0 Å². The molecule has 16 heavy (non-hydrogen) atoms. The number of carboxylic acid groups (broad SMARTS) is 1. The fourth-order valence-corrected chi connectivity index (χ4v) is 1.86. The summed E-state index contributed by atoms with van der Waals surface area (Å²) in [5, 5.41) is 8.84. The van der Waals surface area contributed by atoms with E-state index >= 15 is 0 Å². The van der Waals surface area contributed by atoms with E-state index in [2.05, 4.69) is 0 Å². The number of carboxylic acids is 1.